The summed E-state index contributed by atoms with van der Waals surface area (Å²) in [7, 11) is 0. The van der Waals surface area contributed by atoms with E-state index in [-0.39, 0.29) is 19.2 Å². The van der Waals surface area contributed by atoms with Crippen LogP contribution in [0, 0.1) is 0 Å². The first-order chi connectivity index (χ1) is 5.66. The molecule has 0 rings (SSSR count). The molecule has 0 unspecified atom stereocenters. The number of hydrogen-bond acceptors (Lipinski definition) is 5. The summed E-state index contributed by atoms with van der Waals surface area (Å²) in [6.07, 6.45) is 0.910. The van der Waals surface area contributed by atoms with Crippen LogP contribution in [0.5, 0.6) is 0 Å². The highest BCUT2D eigenvalue weighted by atomic mass is 35.5. The Bertz CT molecular complexity index is 163. The highest BCUT2D eigenvalue weighted by Crippen LogP contribution is 2.06. The number of hydrogen-bond donors (Lipinski definition) is 0. The van der Waals surface area contributed by atoms with Gasteiger partial charge in [0.15, 0.2) is 0 Å². The molecule has 0 saturated carbocycles. The molecule has 0 atom stereocenters. The quantitative estimate of drug-likeness (QED) is 0.446. The van der Waals surface area contributed by atoms with Crippen molar-refractivity contribution in [3.63, 3.8) is 0 Å². The summed E-state index contributed by atoms with van der Waals surface area (Å²) in [4.78, 5) is 21.0. The van der Waals surface area contributed by atoms with E-state index in [2.05, 4.69) is 9.47 Å². The molecule has 0 bridgehead atoms. The zero-order chi connectivity index (χ0) is 9.40. The zero-order valence-electron chi connectivity index (χ0n) is 7.54. The minimum absolute atomic E-state index is 0. The van der Waals surface area contributed by atoms with Crippen LogP contribution in [-0.2, 0) is 14.3 Å². The predicted molar refractivity (Wildman–Crippen MR) is 45.9 cm³/mol. The molecule has 0 aromatic heterocycles. The third-order valence-electron chi connectivity index (χ3n) is 0.863. The van der Waals surface area contributed by atoms with E-state index in [0.717, 1.165) is 23.9 Å². The van der Waals surface area contributed by atoms with Gasteiger partial charge in [-0.25, -0.2) is 4.79 Å². The lowest BCUT2D eigenvalue weighted by atomic mass is 10.6. The standard InChI is InChI=1S/C7H12O4S.ClH/c1-3-4-12-7(9)11-5-10-6(2)8;/h3-5H2,1-2H3;1H/p-1. The fraction of sp³-hybridized carbons (Fsp3) is 0.714. The van der Waals surface area contributed by atoms with E-state index in [0.29, 0.717) is 0 Å². The van der Waals surface area contributed by atoms with Gasteiger partial charge >= 0.3 is 11.3 Å². The van der Waals surface area contributed by atoms with Crippen molar-refractivity contribution in [2.75, 3.05) is 12.5 Å². The first kappa shape index (κ1) is 15.1. The zero-order valence-corrected chi connectivity index (χ0v) is 9.11. The number of thioether (sulfide) groups is 1. The molecule has 0 aromatic rings. The van der Waals surface area contributed by atoms with Crippen molar-refractivity contribution in [3.05, 3.63) is 0 Å². The highest BCUT2D eigenvalue weighted by molar-refractivity contribution is 8.13. The minimum Gasteiger partial charge on any atom is -1.00 e. The van der Waals surface area contributed by atoms with Crippen molar-refractivity contribution in [1.82, 2.24) is 0 Å². The fourth-order valence-corrected chi connectivity index (χ4v) is 0.890. The molecule has 0 aliphatic rings. The van der Waals surface area contributed by atoms with Crippen LogP contribution < -0.4 is 12.4 Å². The van der Waals surface area contributed by atoms with Crippen molar-refractivity contribution in [2.24, 2.45) is 0 Å². The summed E-state index contributed by atoms with van der Waals surface area (Å²) < 4.78 is 8.93. The Hall–Kier alpha value is -0.420. The van der Waals surface area contributed by atoms with Crippen LogP contribution >= 0.6 is 11.8 Å². The van der Waals surface area contributed by atoms with Crippen LogP contribution in [0.2, 0.25) is 0 Å². The number of esters is 1. The normalized spacial score (nSPS) is 8.46. The van der Waals surface area contributed by atoms with Gasteiger partial charge in [0.25, 0.3) is 0 Å². The number of ether oxygens (including phenoxy) is 2. The summed E-state index contributed by atoms with van der Waals surface area (Å²) in [6.45, 7) is 2.93. The summed E-state index contributed by atoms with van der Waals surface area (Å²) in [5.74, 6) is 0.266. The van der Waals surface area contributed by atoms with E-state index in [4.69, 9.17) is 0 Å². The molecule has 0 aliphatic heterocycles. The average Bonchev–Trinajstić information content (AvgIpc) is 2.00. The Kier molecular flexibility index (Phi) is 11.2. The van der Waals surface area contributed by atoms with Crippen LogP contribution in [0.4, 0.5) is 4.79 Å². The Morgan fingerprint density at radius 3 is 2.38 bits per heavy atom. The summed E-state index contributed by atoms with van der Waals surface area (Å²) in [6, 6.07) is 0. The van der Waals surface area contributed by atoms with Gasteiger partial charge in [0.05, 0.1) is 0 Å². The summed E-state index contributed by atoms with van der Waals surface area (Å²) in [5, 5.41) is -0.405. The molecule has 4 nitrogen and oxygen atoms in total. The summed E-state index contributed by atoms with van der Waals surface area (Å²) in [5.41, 5.74) is 0. The average molecular weight is 228 g/mol. The molecule has 0 amide bonds. The lowest BCUT2D eigenvalue weighted by Crippen LogP contribution is -3.00. The molecule has 0 aliphatic carbocycles. The third-order valence-corrected chi connectivity index (χ3v) is 1.83. The third kappa shape index (κ3) is 11.6. The molecule has 0 radical (unpaired) electrons. The van der Waals surface area contributed by atoms with E-state index in [1.165, 1.54) is 6.92 Å². The Morgan fingerprint density at radius 1 is 1.31 bits per heavy atom. The number of halogens is 1. The van der Waals surface area contributed by atoms with Gasteiger partial charge in [-0.2, -0.15) is 0 Å². The number of carbonyl (C=O) groups excluding carboxylic acids is 2. The van der Waals surface area contributed by atoms with Crippen LogP contribution in [0.25, 0.3) is 0 Å². The molecule has 0 fully saturated rings. The lowest BCUT2D eigenvalue weighted by molar-refractivity contribution is -0.148. The second kappa shape index (κ2) is 9.67. The molecule has 0 N–H and O–H groups in total. The van der Waals surface area contributed by atoms with Crippen LogP contribution in [0.1, 0.15) is 20.3 Å². The van der Waals surface area contributed by atoms with E-state index >= 15 is 0 Å². The monoisotopic (exact) mass is 227 g/mol. The van der Waals surface area contributed by atoms with Gasteiger partial charge in [-0.3, -0.25) is 4.79 Å². The number of rotatable bonds is 4. The largest absolute Gasteiger partial charge is 1.00 e. The highest BCUT2D eigenvalue weighted by Gasteiger charge is 2.02. The molecular weight excluding hydrogens is 216 g/mol. The minimum atomic E-state index is -0.455. The van der Waals surface area contributed by atoms with E-state index in [1.807, 2.05) is 6.92 Å². The first-order valence-electron chi connectivity index (χ1n) is 3.59. The first-order valence-corrected chi connectivity index (χ1v) is 4.58. The Morgan fingerprint density at radius 2 is 1.92 bits per heavy atom. The molecule has 13 heavy (non-hydrogen) atoms. The van der Waals surface area contributed by atoms with Gasteiger partial charge in [-0.1, -0.05) is 6.92 Å². The van der Waals surface area contributed by atoms with E-state index in [1.54, 1.807) is 0 Å². The Balaban J connectivity index is 0. The molecule has 0 spiro atoms. The van der Waals surface area contributed by atoms with Gasteiger partial charge in [-0.05, 0) is 18.2 Å². The molecular formula is C7H12ClO4S-. The maximum absolute atomic E-state index is 10.7. The Labute approximate surface area is 87.8 Å². The van der Waals surface area contributed by atoms with Crippen molar-refractivity contribution < 1.29 is 31.5 Å². The number of carbonyl (C=O) groups is 2. The SMILES string of the molecule is CCCSC(=O)OCOC(C)=O.[Cl-]. The topological polar surface area (TPSA) is 52.6 Å². The second-order valence-corrected chi connectivity index (χ2v) is 3.03. The predicted octanol–water partition coefficient (Wildman–Crippen LogP) is -1.21. The van der Waals surface area contributed by atoms with Crippen molar-refractivity contribution in [3.8, 4) is 0 Å². The van der Waals surface area contributed by atoms with Crippen molar-refractivity contribution in [2.45, 2.75) is 20.3 Å². The molecule has 0 heterocycles. The van der Waals surface area contributed by atoms with E-state index in [9.17, 15) is 9.59 Å². The summed E-state index contributed by atoms with van der Waals surface area (Å²) >= 11 is 1.08. The van der Waals surface area contributed by atoms with Crippen LogP contribution in [0.3, 0.4) is 0 Å². The maximum atomic E-state index is 10.7. The molecule has 78 valence electrons. The smallest absolute Gasteiger partial charge is 0.370 e. The van der Waals surface area contributed by atoms with Crippen LogP contribution in [-0.4, -0.2) is 23.8 Å². The fourth-order valence-electron chi connectivity index (χ4n) is 0.388. The van der Waals surface area contributed by atoms with Crippen molar-refractivity contribution >= 4 is 23.0 Å². The molecule has 6 heteroatoms. The van der Waals surface area contributed by atoms with Gasteiger partial charge in [0.2, 0.25) is 6.79 Å². The van der Waals surface area contributed by atoms with Gasteiger partial charge in [0.1, 0.15) is 0 Å². The van der Waals surface area contributed by atoms with E-state index < -0.39 is 11.3 Å². The van der Waals surface area contributed by atoms with Gasteiger partial charge < -0.3 is 21.9 Å². The maximum Gasteiger partial charge on any atom is 0.370 e. The molecule has 0 saturated heterocycles. The van der Waals surface area contributed by atoms with Crippen LogP contribution in [0.15, 0.2) is 0 Å². The molecule has 0 aromatic carbocycles. The van der Waals surface area contributed by atoms with Gasteiger partial charge in [-0.15, -0.1) is 0 Å². The van der Waals surface area contributed by atoms with Gasteiger partial charge in [0, 0.05) is 12.7 Å². The van der Waals surface area contributed by atoms with Crippen molar-refractivity contribution in [1.29, 1.82) is 0 Å². The second-order valence-electron chi connectivity index (χ2n) is 2.00. The lowest BCUT2D eigenvalue weighted by Gasteiger charge is -2.02.